The van der Waals surface area contributed by atoms with E-state index in [-0.39, 0.29) is 11.8 Å². The van der Waals surface area contributed by atoms with E-state index < -0.39 is 0 Å². The van der Waals surface area contributed by atoms with Crippen LogP contribution < -0.4 is 4.90 Å². The van der Waals surface area contributed by atoms with Gasteiger partial charge in [-0.05, 0) is 19.1 Å². The molecule has 0 unspecified atom stereocenters. The number of carbonyl (C=O) groups excluding carboxylic acids is 1. The predicted octanol–water partition coefficient (Wildman–Crippen LogP) is 2.55. The molecular weight excluding hydrogens is 294 g/mol. The summed E-state index contributed by atoms with van der Waals surface area (Å²) in [6.45, 7) is 5.62. The Hall–Kier alpha value is -1.72. The summed E-state index contributed by atoms with van der Waals surface area (Å²) in [5.41, 5.74) is 2.17. The molecule has 1 amide bonds. The van der Waals surface area contributed by atoms with E-state index in [4.69, 9.17) is 0 Å². The zero-order valence-electron chi connectivity index (χ0n) is 12.6. The highest BCUT2D eigenvalue weighted by Crippen LogP contribution is 2.35. The number of fused-ring (bicyclic) bond motifs is 1. The molecule has 4 rings (SSSR count). The molecule has 2 saturated heterocycles. The zero-order valence-corrected chi connectivity index (χ0v) is 13.4. The quantitative estimate of drug-likeness (QED) is 0.874. The number of aromatic nitrogens is 1. The van der Waals surface area contributed by atoms with Gasteiger partial charge in [0.15, 0.2) is 0 Å². The molecule has 114 valence electrons. The van der Waals surface area contributed by atoms with E-state index in [0.29, 0.717) is 5.92 Å². The summed E-state index contributed by atoms with van der Waals surface area (Å²) in [5.74, 6) is 0.889. The van der Waals surface area contributed by atoms with Gasteiger partial charge in [0, 0.05) is 43.2 Å². The van der Waals surface area contributed by atoms with Crippen molar-refractivity contribution in [2.45, 2.75) is 13.5 Å². The Balaban J connectivity index is 1.44. The van der Waals surface area contributed by atoms with Crippen molar-refractivity contribution in [3.8, 4) is 0 Å². The number of aryl methyl sites for hydroxylation is 1. The van der Waals surface area contributed by atoms with Crippen molar-refractivity contribution in [2.24, 2.45) is 11.8 Å². The van der Waals surface area contributed by atoms with Crippen molar-refractivity contribution in [1.29, 1.82) is 0 Å². The van der Waals surface area contributed by atoms with Crippen LogP contribution in [0.5, 0.6) is 0 Å². The van der Waals surface area contributed by atoms with Crippen LogP contribution in [0.25, 0.3) is 0 Å². The highest BCUT2D eigenvalue weighted by atomic mass is 32.1. The fourth-order valence-electron chi connectivity index (χ4n) is 3.63. The highest BCUT2D eigenvalue weighted by Gasteiger charge is 2.46. The van der Waals surface area contributed by atoms with Crippen molar-refractivity contribution in [2.75, 3.05) is 24.5 Å². The number of anilines is 1. The standard InChI is InChI=1S/C17H19N3OS/c1-12-18-14(11-22-12)9-19-7-13-8-20(17(21)16(13)10-19)15-5-3-2-4-6-15/h2-6,11,13,16H,7-10H2,1H3/t13-,16+/m0/s1. The van der Waals surface area contributed by atoms with E-state index in [1.54, 1.807) is 11.3 Å². The maximum Gasteiger partial charge on any atom is 0.231 e. The SMILES string of the molecule is Cc1nc(CN2C[C@H]3CN(c4ccccc4)C(=O)[C@@H]3C2)cs1. The van der Waals surface area contributed by atoms with Gasteiger partial charge in [-0.25, -0.2) is 4.98 Å². The topological polar surface area (TPSA) is 36.4 Å². The van der Waals surface area contributed by atoms with Crippen LogP contribution in [0, 0.1) is 18.8 Å². The monoisotopic (exact) mass is 313 g/mol. The minimum Gasteiger partial charge on any atom is -0.312 e. The van der Waals surface area contributed by atoms with Crippen molar-refractivity contribution in [3.63, 3.8) is 0 Å². The molecule has 0 aliphatic carbocycles. The Kier molecular flexibility index (Phi) is 3.47. The molecule has 1 aromatic heterocycles. The first-order chi connectivity index (χ1) is 10.7. The molecule has 2 aromatic rings. The van der Waals surface area contributed by atoms with E-state index in [2.05, 4.69) is 15.3 Å². The van der Waals surface area contributed by atoms with E-state index >= 15 is 0 Å². The van der Waals surface area contributed by atoms with E-state index in [1.807, 2.05) is 42.2 Å². The van der Waals surface area contributed by atoms with Crippen LogP contribution in [0.4, 0.5) is 5.69 Å². The van der Waals surface area contributed by atoms with Crippen molar-refractivity contribution < 1.29 is 4.79 Å². The number of carbonyl (C=O) groups is 1. The summed E-state index contributed by atoms with van der Waals surface area (Å²) in [6.07, 6.45) is 0. The number of thiazole rings is 1. The smallest absolute Gasteiger partial charge is 0.231 e. The molecule has 0 N–H and O–H groups in total. The minimum absolute atomic E-state index is 0.153. The number of likely N-dealkylation sites (tertiary alicyclic amines) is 1. The van der Waals surface area contributed by atoms with Crippen LogP contribution in [-0.4, -0.2) is 35.4 Å². The zero-order chi connectivity index (χ0) is 15.1. The van der Waals surface area contributed by atoms with Crippen LogP contribution in [0.1, 0.15) is 10.7 Å². The van der Waals surface area contributed by atoms with Crippen LogP contribution in [-0.2, 0) is 11.3 Å². The number of nitrogens with zero attached hydrogens (tertiary/aromatic N) is 3. The van der Waals surface area contributed by atoms with Gasteiger partial charge in [-0.3, -0.25) is 9.69 Å². The maximum absolute atomic E-state index is 12.7. The second-order valence-electron chi connectivity index (χ2n) is 6.20. The first kappa shape index (κ1) is 13.9. The lowest BCUT2D eigenvalue weighted by Gasteiger charge is -2.21. The number of hydrogen-bond donors (Lipinski definition) is 0. The Bertz CT molecular complexity index is 684. The second-order valence-corrected chi connectivity index (χ2v) is 7.27. The van der Waals surface area contributed by atoms with Crippen LogP contribution in [0.15, 0.2) is 35.7 Å². The summed E-state index contributed by atoms with van der Waals surface area (Å²) in [5, 5.41) is 3.24. The maximum atomic E-state index is 12.7. The summed E-state index contributed by atoms with van der Waals surface area (Å²) in [4.78, 5) is 21.5. The third-order valence-electron chi connectivity index (χ3n) is 4.64. The Morgan fingerprint density at radius 3 is 2.73 bits per heavy atom. The molecule has 2 fully saturated rings. The number of hydrogen-bond acceptors (Lipinski definition) is 4. The average molecular weight is 313 g/mol. The second kappa shape index (κ2) is 5.48. The third-order valence-corrected chi connectivity index (χ3v) is 5.46. The van der Waals surface area contributed by atoms with Gasteiger partial charge >= 0.3 is 0 Å². The molecule has 2 atom stereocenters. The fraction of sp³-hybridized carbons (Fsp3) is 0.412. The van der Waals surface area contributed by atoms with E-state index in [1.165, 1.54) is 0 Å². The normalized spacial score (nSPS) is 25.0. The molecule has 3 heterocycles. The summed E-state index contributed by atoms with van der Waals surface area (Å²) >= 11 is 1.69. The lowest BCUT2D eigenvalue weighted by atomic mass is 10.0. The fourth-order valence-corrected chi connectivity index (χ4v) is 4.23. The molecule has 2 aliphatic heterocycles. The summed E-state index contributed by atoms with van der Waals surface area (Å²) in [6, 6.07) is 10.0. The Labute approximate surface area is 134 Å². The van der Waals surface area contributed by atoms with Crippen LogP contribution in [0.3, 0.4) is 0 Å². The van der Waals surface area contributed by atoms with Gasteiger partial charge in [0.05, 0.1) is 16.6 Å². The molecule has 4 nitrogen and oxygen atoms in total. The summed E-state index contributed by atoms with van der Waals surface area (Å²) < 4.78 is 0. The molecule has 5 heteroatoms. The van der Waals surface area contributed by atoms with Gasteiger partial charge < -0.3 is 4.90 Å². The first-order valence-corrected chi connectivity index (χ1v) is 8.58. The lowest BCUT2D eigenvalue weighted by molar-refractivity contribution is -0.120. The van der Waals surface area contributed by atoms with Crippen LogP contribution >= 0.6 is 11.3 Å². The lowest BCUT2D eigenvalue weighted by Crippen LogP contribution is -2.32. The molecule has 1 aromatic carbocycles. The van der Waals surface area contributed by atoms with E-state index in [9.17, 15) is 4.79 Å². The third kappa shape index (κ3) is 2.44. The molecule has 0 bridgehead atoms. The van der Waals surface area contributed by atoms with Crippen molar-refractivity contribution >= 4 is 22.9 Å². The van der Waals surface area contributed by atoms with Gasteiger partial charge in [0.2, 0.25) is 5.91 Å². The van der Waals surface area contributed by atoms with E-state index in [0.717, 1.165) is 42.6 Å². The van der Waals surface area contributed by atoms with Gasteiger partial charge in [0.25, 0.3) is 0 Å². The van der Waals surface area contributed by atoms with Crippen molar-refractivity contribution in [3.05, 3.63) is 46.4 Å². The van der Waals surface area contributed by atoms with Gasteiger partial charge in [0.1, 0.15) is 0 Å². The average Bonchev–Trinajstić information content (AvgIpc) is 3.18. The number of para-hydroxylation sites is 1. The Morgan fingerprint density at radius 2 is 2.05 bits per heavy atom. The minimum atomic E-state index is 0.153. The first-order valence-electron chi connectivity index (χ1n) is 7.70. The van der Waals surface area contributed by atoms with Crippen LogP contribution in [0.2, 0.25) is 0 Å². The van der Waals surface area contributed by atoms with Crippen molar-refractivity contribution in [1.82, 2.24) is 9.88 Å². The number of rotatable bonds is 3. The Morgan fingerprint density at radius 1 is 1.23 bits per heavy atom. The molecule has 0 radical (unpaired) electrons. The molecule has 0 spiro atoms. The largest absolute Gasteiger partial charge is 0.312 e. The molecule has 2 aliphatic rings. The van der Waals surface area contributed by atoms with Gasteiger partial charge in [-0.1, -0.05) is 18.2 Å². The predicted molar refractivity (Wildman–Crippen MR) is 87.9 cm³/mol. The molecule has 22 heavy (non-hydrogen) atoms. The number of benzene rings is 1. The number of amides is 1. The van der Waals surface area contributed by atoms with Gasteiger partial charge in [-0.15, -0.1) is 11.3 Å². The summed E-state index contributed by atoms with van der Waals surface area (Å²) in [7, 11) is 0. The molecule has 0 saturated carbocycles. The molecular formula is C17H19N3OS. The van der Waals surface area contributed by atoms with Gasteiger partial charge in [-0.2, -0.15) is 0 Å². The highest BCUT2D eigenvalue weighted by molar-refractivity contribution is 7.09.